The Balaban J connectivity index is 2.40. The highest BCUT2D eigenvalue weighted by molar-refractivity contribution is 7.90. The average Bonchev–Trinajstić information content (AvgIpc) is 2.49. The molecule has 0 aliphatic rings. The van der Waals surface area contributed by atoms with Crippen molar-refractivity contribution >= 4 is 26.8 Å². The average molecular weight is 240 g/mol. The third kappa shape index (κ3) is 2.13. The zero-order chi connectivity index (χ0) is 11.8. The molecule has 0 unspecified atom stereocenters. The van der Waals surface area contributed by atoms with E-state index in [2.05, 4.69) is 9.97 Å². The van der Waals surface area contributed by atoms with Gasteiger partial charge >= 0.3 is 0 Å². The van der Waals surface area contributed by atoms with Gasteiger partial charge in [-0.25, -0.2) is 13.4 Å². The molecular formula is C9H12N4O2S. The van der Waals surface area contributed by atoms with E-state index in [9.17, 15) is 8.42 Å². The van der Waals surface area contributed by atoms with E-state index in [1.54, 1.807) is 23.0 Å². The summed E-state index contributed by atoms with van der Waals surface area (Å²) in [4.78, 5) is 8.02. The summed E-state index contributed by atoms with van der Waals surface area (Å²) in [5, 5.41) is 0. The molecule has 2 N–H and O–H groups in total. The largest absolute Gasteiger partial charge is 0.369 e. The second kappa shape index (κ2) is 3.75. The molecule has 0 fully saturated rings. The number of fused-ring (bicyclic) bond motifs is 1. The fraction of sp³-hybridized carbons (Fsp3) is 0.333. The second-order valence-electron chi connectivity index (χ2n) is 3.62. The van der Waals surface area contributed by atoms with E-state index in [0.717, 1.165) is 5.52 Å². The molecule has 7 heteroatoms. The molecule has 0 bridgehead atoms. The van der Waals surface area contributed by atoms with Crippen molar-refractivity contribution in [3.8, 4) is 0 Å². The summed E-state index contributed by atoms with van der Waals surface area (Å²) in [6.07, 6.45) is 4.42. The van der Waals surface area contributed by atoms with Crippen molar-refractivity contribution in [3.05, 3.63) is 18.5 Å². The summed E-state index contributed by atoms with van der Waals surface area (Å²) in [6.45, 7) is 0.311. The molecule has 2 rings (SSSR count). The molecular weight excluding hydrogens is 228 g/mol. The van der Waals surface area contributed by atoms with Gasteiger partial charge in [-0.15, -0.1) is 0 Å². The minimum absolute atomic E-state index is 0.0466. The first kappa shape index (κ1) is 10.9. The van der Waals surface area contributed by atoms with Gasteiger partial charge < -0.3 is 10.3 Å². The van der Waals surface area contributed by atoms with Crippen molar-refractivity contribution in [1.29, 1.82) is 0 Å². The zero-order valence-corrected chi connectivity index (χ0v) is 9.61. The summed E-state index contributed by atoms with van der Waals surface area (Å²) in [7, 11) is -3.01. The van der Waals surface area contributed by atoms with Gasteiger partial charge in [-0.05, 0) is 6.07 Å². The molecule has 0 radical (unpaired) electrons. The molecule has 0 aliphatic carbocycles. The third-order valence-corrected chi connectivity index (χ3v) is 3.19. The molecule has 6 nitrogen and oxygen atoms in total. The minimum Gasteiger partial charge on any atom is -0.369 e. The Bertz CT molecular complexity index is 617. The molecule has 2 aromatic heterocycles. The third-order valence-electron chi connectivity index (χ3n) is 2.27. The maximum absolute atomic E-state index is 11.1. The van der Waals surface area contributed by atoms with Crippen LogP contribution >= 0.6 is 0 Å². The number of aromatic nitrogens is 3. The smallest absolute Gasteiger partial charge is 0.201 e. The van der Waals surface area contributed by atoms with Gasteiger partial charge in [-0.3, -0.25) is 4.98 Å². The van der Waals surface area contributed by atoms with E-state index in [1.807, 2.05) is 0 Å². The minimum atomic E-state index is -3.01. The van der Waals surface area contributed by atoms with Crippen molar-refractivity contribution < 1.29 is 8.42 Å². The van der Waals surface area contributed by atoms with Crippen LogP contribution in [-0.2, 0) is 16.4 Å². The van der Waals surface area contributed by atoms with Gasteiger partial charge in [0, 0.05) is 19.0 Å². The van der Waals surface area contributed by atoms with Crippen molar-refractivity contribution in [1.82, 2.24) is 14.5 Å². The van der Waals surface area contributed by atoms with Crippen molar-refractivity contribution in [3.63, 3.8) is 0 Å². The van der Waals surface area contributed by atoms with Gasteiger partial charge in [0.2, 0.25) is 5.95 Å². The topological polar surface area (TPSA) is 90.9 Å². The molecule has 0 amide bonds. The Morgan fingerprint density at radius 3 is 2.94 bits per heavy atom. The van der Waals surface area contributed by atoms with Crippen LogP contribution in [0.4, 0.5) is 5.95 Å². The number of hydrogen-bond donors (Lipinski definition) is 1. The predicted molar refractivity (Wildman–Crippen MR) is 61.7 cm³/mol. The Hall–Kier alpha value is -1.63. The van der Waals surface area contributed by atoms with Crippen LogP contribution in [0.3, 0.4) is 0 Å². The van der Waals surface area contributed by atoms with Crippen LogP contribution in [0.2, 0.25) is 0 Å². The van der Waals surface area contributed by atoms with Gasteiger partial charge in [0.05, 0.1) is 17.5 Å². The summed E-state index contributed by atoms with van der Waals surface area (Å²) in [5.74, 6) is 0.358. The van der Waals surface area contributed by atoms with E-state index in [1.165, 1.54) is 6.26 Å². The molecule has 0 saturated carbocycles. The van der Waals surface area contributed by atoms with E-state index in [4.69, 9.17) is 5.73 Å². The molecule has 0 aromatic carbocycles. The lowest BCUT2D eigenvalue weighted by atomic mass is 10.4. The highest BCUT2D eigenvalue weighted by atomic mass is 32.2. The van der Waals surface area contributed by atoms with Gasteiger partial charge in [0.15, 0.2) is 0 Å². The number of nitrogen functional groups attached to an aromatic ring is 1. The predicted octanol–water partition coefficient (Wildman–Crippen LogP) is 0.0581. The molecule has 0 saturated heterocycles. The SMILES string of the molecule is CS(=O)(=O)CCn1c(N)nc2cnccc21. The molecule has 0 atom stereocenters. The molecule has 0 aliphatic heterocycles. The van der Waals surface area contributed by atoms with E-state index in [0.29, 0.717) is 18.0 Å². The van der Waals surface area contributed by atoms with Gasteiger partial charge in [0.1, 0.15) is 15.4 Å². The molecule has 0 spiro atoms. The summed E-state index contributed by atoms with van der Waals surface area (Å²) in [6, 6.07) is 1.76. The Morgan fingerprint density at radius 1 is 1.50 bits per heavy atom. The first-order valence-corrected chi connectivity index (χ1v) is 6.77. The number of sulfone groups is 1. The van der Waals surface area contributed by atoms with Gasteiger partial charge in [-0.2, -0.15) is 0 Å². The normalized spacial score (nSPS) is 12.1. The summed E-state index contributed by atoms with van der Waals surface area (Å²) in [5.41, 5.74) is 7.19. The number of pyridine rings is 1. The van der Waals surface area contributed by atoms with Crippen LogP contribution in [0, 0.1) is 0 Å². The van der Waals surface area contributed by atoms with Crippen molar-refractivity contribution in [2.24, 2.45) is 0 Å². The first-order chi connectivity index (χ1) is 7.47. The van der Waals surface area contributed by atoms with E-state index >= 15 is 0 Å². The second-order valence-corrected chi connectivity index (χ2v) is 5.88. The molecule has 2 aromatic rings. The lowest BCUT2D eigenvalue weighted by Crippen LogP contribution is -2.12. The highest BCUT2D eigenvalue weighted by Crippen LogP contribution is 2.16. The maximum Gasteiger partial charge on any atom is 0.201 e. The first-order valence-electron chi connectivity index (χ1n) is 4.71. The van der Waals surface area contributed by atoms with Gasteiger partial charge in [-0.1, -0.05) is 0 Å². The van der Waals surface area contributed by atoms with Crippen molar-refractivity contribution in [2.75, 3.05) is 17.7 Å². The lowest BCUT2D eigenvalue weighted by molar-refractivity contribution is 0.596. The fourth-order valence-corrected chi connectivity index (χ4v) is 2.01. The van der Waals surface area contributed by atoms with Crippen molar-refractivity contribution in [2.45, 2.75) is 6.54 Å². The Labute approximate surface area is 93.0 Å². The number of nitrogens with two attached hydrogens (primary N) is 1. The van der Waals surface area contributed by atoms with E-state index in [-0.39, 0.29) is 5.75 Å². The number of anilines is 1. The van der Waals surface area contributed by atoms with Crippen LogP contribution in [0.5, 0.6) is 0 Å². The highest BCUT2D eigenvalue weighted by Gasteiger charge is 2.10. The number of nitrogens with zero attached hydrogens (tertiary/aromatic N) is 3. The fourth-order valence-electron chi connectivity index (χ4n) is 1.49. The lowest BCUT2D eigenvalue weighted by Gasteiger charge is -2.04. The van der Waals surface area contributed by atoms with Crippen LogP contribution < -0.4 is 5.73 Å². The number of hydrogen-bond acceptors (Lipinski definition) is 5. The summed E-state index contributed by atoms with van der Waals surface area (Å²) < 4.78 is 23.9. The number of imidazole rings is 1. The van der Waals surface area contributed by atoms with Crippen LogP contribution in [0.15, 0.2) is 18.5 Å². The molecule has 2 heterocycles. The van der Waals surface area contributed by atoms with Crippen LogP contribution in [0.25, 0.3) is 11.0 Å². The quantitative estimate of drug-likeness (QED) is 0.819. The molecule has 86 valence electrons. The Morgan fingerprint density at radius 2 is 2.25 bits per heavy atom. The van der Waals surface area contributed by atoms with E-state index < -0.39 is 9.84 Å². The molecule has 16 heavy (non-hydrogen) atoms. The van der Waals surface area contributed by atoms with Crippen LogP contribution in [0.1, 0.15) is 0 Å². The standard InChI is InChI=1S/C9H12N4O2S/c1-16(14,15)5-4-13-8-2-3-11-6-7(8)12-9(13)10/h2-3,6H,4-5H2,1H3,(H2,10,12). The number of rotatable bonds is 3. The van der Waals surface area contributed by atoms with Crippen LogP contribution in [-0.4, -0.2) is 35.0 Å². The van der Waals surface area contributed by atoms with Gasteiger partial charge in [0.25, 0.3) is 0 Å². The monoisotopic (exact) mass is 240 g/mol. The summed E-state index contributed by atoms with van der Waals surface area (Å²) >= 11 is 0. The zero-order valence-electron chi connectivity index (χ0n) is 8.79. The number of aryl methyl sites for hydroxylation is 1. The maximum atomic E-state index is 11.1. The Kier molecular flexibility index (Phi) is 2.55.